The van der Waals surface area contributed by atoms with Crippen LogP contribution in [0.2, 0.25) is 0 Å². The van der Waals surface area contributed by atoms with Gasteiger partial charge in [0.05, 0.1) is 0 Å². The van der Waals surface area contributed by atoms with Crippen molar-refractivity contribution in [2.75, 3.05) is 0 Å². The van der Waals surface area contributed by atoms with E-state index in [0.717, 1.165) is 0 Å². The zero-order valence-electron chi connectivity index (χ0n) is 8.95. The third-order valence-corrected chi connectivity index (χ3v) is 122. The summed E-state index contributed by atoms with van der Waals surface area (Å²) in [5.41, 5.74) is 0. The molecule has 0 unspecified atom stereocenters. The van der Waals surface area contributed by atoms with Gasteiger partial charge in [0.2, 0.25) is 0 Å². The predicted octanol–water partition coefficient (Wildman–Crippen LogP) is 0.835. The zero-order valence-corrected chi connectivity index (χ0v) is 28.3. The third kappa shape index (κ3) is 5.11. The fourth-order valence-corrected chi connectivity index (χ4v) is 125. The molecule has 0 radical (unpaired) electrons. The first-order valence-electron chi connectivity index (χ1n) is 3.49. The maximum absolute atomic E-state index is 5.56. The summed E-state index contributed by atoms with van der Waals surface area (Å²) in [4.78, 5) is 0. The molecule has 0 N–H and O–H groups in total. The maximum atomic E-state index is 5.56. The van der Waals surface area contributed by atoms with Crippen molar-refractivity contribution in [3.05, 3.63) is 0 Å². The van der Waals surface area contributed by atoms with Gasteiger partial charge in [-0.3, -0.25) is 7.05 Å². The molecule has 0 heterocycles. The number of hydrogen-bond acceptors (Lipinski definition) is 15. The van der Waals surface area contributed by atoms with E-state index in [-0.39, 0.29) is 0 Å². The summed E-state index contributed by atoms with van der Waals surface area (Å²) >= 11 is 77.5. The van der Waals surface area contributed by atoms with Crippen molar-refractivity contribution in [2.24, 2.45) is 0 Å². The van der Waals surface area contributed by atoms with Crippen LogP contribution in [0.4, 0.5) is 0 Å². The first-order valence-corrected chi connectivity index (χ1v) is 33.1. The second kappa shape index (κ2) is 9.18. The van der Waals surface area contributed by atoms with E-state index in [0.29, 0.717) is 0 Å². The van der Waals surface area contributed by atoms with Crippen molar-refractivity contribution in [2.45, 2.75) is 0 Å². The van der Waals surface area contributed by atoms with E-state index in [1.54, 1.807) is 0 Å². The number of rotatable bonds is 6. The molecule has 0 aromatic carbocycles. The Bertz CT molecular complexity index is 1160. The second-order valence-electron chi connectivity index (χ2n) is 2.64. The minimum Gasteiger partial charge on any atom is -0.271 e. The molecule has 0 nitrogen and oxygen atoms in total. The largest absolute Gasteiger partial charge is 0.271 e. The van der Waals surface area contributed by atoms with Gasteiger partial charge in [0.25, 0.3) is 0 Å². The smallest absolute Gasteiger partial charge is 0.0450 e. The molecule has 0 saturated carbocycles. The Morgan fingerprint density at radius 1 is 0.500 bits per heavy atom. The standard InChI is InChI=1S/IS21/c1-17(4,5)19(8,9)21(12,13)22(14,15)20(10,11)18(6,7)16(2)3/q-1. The summed E-state index contributed by atoms with van der Waals surface area (Å²) in [5, 5.41) is -13.8. The number of halogens is 1. The second-order valence-corrected chi connectivity index (χ2v) is 77.5. The van der Waals surface area contributed by atoms with Gasteiger partial charge in [-0.15, -0.1) is 0 Å². The molecule has 134 valence electrons. The van der Waals surface area contributed by atoms with Crippen molar-refractivity contribution >= 4 is 214 Å². The average molecular weight is 800 g/mol. The van der Waals surface area contributed by atoms with E-state index < -0.39 is 36.4 Å². The first-order chi connectivity index (χ1) is 9.19. The molecule has 0 saturated heterocycles. The molecule has 0 aromatic rings. The predicted molar refractivity (Wildman–Crippen MR) is 169 cm³/mol. The van der Waals surface area contributed by atoms with Gasteiger partial charge < -0.3 is 0 Å². The summed E-state index contributed by atoms with van der Waals surface area (Å²) in [6.45, 7) is 0. The minimum atomic E-state index is -2.88. The molecule has 0 atom stereocenters. The van der Waals surface area contributed by atoms with Crippen LogP contribution in [0.5, 0.6) is 0 Å². The monoisotopic (exact) mass is 798 g/mol. The summed E-state index contributed by atoms with van der Waals surface area (Å²) in [6, 6.07) is 0. The van der Waals surface area contributed by atoms with E-state index in [9.17, 15) is 0 Å². The Balaban J connectivity index is 7.27. The molecule has 0 fully saturated rings. The van der Waals surface area contributed by atoms with Gasteiger partial charge in [0.1, 0.15) is 0 Å². The Morgan fingerprint density at radius 2 is 0.773 bits per heavy atom. The van der Waals surface area contributed by atoms with Crippen LogP contribution in [-0.4, -0.2) is 0 Å². The highest BCUT2D eigenvalue weighted by molar-refractivity contribution is 14.2. The van der Waals surface area contributed by atoms with E-state index >= 15 is 0 Å². The van der Waals surface area contributed by atoms with Gasteiger partial charge in [-0.2, -0.15) is 0 Å². The molecule has 0 amide bonds. The molecule has 0 aliphatic carbocycles. The van der Waals surface area contributed by atoms with Crippen LogP contribution in [0.1, 0.15) is 0 Å². The Kier molecular flexibility index (Phi) is 11.8. The third-order valence-electron chi connectivity index (χ3n) is 1.41. The van der Waals surface area contributed by atoms with Crippen LogP contribution in [0.3, 0.4) is 0 Å². The van der Waals surface area contributed by atoms with E-state index in [1.165, 1.54) is 0 Å². The molecule has 0 rings (SSSR count). The quantitative estimate of drug-likeness (QED) is 0.162. The Hall–Kier alpha value is 6.26. The molecule has 0 spiro atoms. The van der Waals surface area contributed by atoms with E-state index in [1.807, 2.05) is 21.2 Å². The summed E-state index contributed by atoms with van der Waals surface area (Å²) in [7, 11) is -1.21. The van der Waals surface area contributed by atoms with Crippen molar-refractivity contribution in [3.63, 3.8) is 0 Å². The van der Waals surface area contributed by atoms with Gasteiger partial charge in [-0.05, 0) is 112 Å². The minimum absolute atomic E-state index is 1.21. The zero-order chi connectivity index (χ0) is 18.6. The Labute approximate surface area is 208 Å². The van der Waals surface area contributed by atoms with Gasteiger partial charge in [0.15, 0.2) is 0 Å². The van der Waals surface area contributed by atoms with Crippen LogP contribution >= 0.6 is 21.2 Å². The number of hydrogen-bond donors (Lipinski definition) is 0. The average Bonchev–Trinajstić information content (AvgIpc) is 2.25. The van der Waals surface area contributed by atoms with Gasteiger partial charge in [-0.25, -0.2) is 22.4 Å². The molecular formula is IS21-. The van der Waals surface area contributed by atoms with Gasteiger partial charge in [0, 0.05) is 45.4 Å². The lowest BCUT2D eigenvalue weighted by Gasteiger charge is -2.30. The highest BCUT2D eigenvalue weighted by Gasteiger charge is 2.33. The highest BCUT2D eigenvalue weighted by Crippen LogP contribution is 2.34. The van der Waals surface area contributed by atoms with Crippen LogP contribution in [-0.2, 0) is 193 Å². The van der Waals surface area contributed by atoms with Crippen LogP contribution in [0.15, 0.2) is 0 Å². The summed E-state index contributed by atoms with van der Waals surface area (Å²) in [6.07, 6.45) is 0. The van der Waals surface area contributed by atoms with Crippen molar-refractivity contribution in [3.8, 4) is 0 Å². The maximum Gasteiger partial charge on any atom is 0.0450 e. The van der Waals surface area contributed by atoms with E-state index in [2.05, 4.69) is 0 Å². The topological polar surface area (TPSA) is 0 Å². The lowest BCUT2D eigenvalue weighted by atomic mass is 29.8. The van der Waals surface area contributed by atoms with Crippen LogP contribution < -0.4 is 0 Å². The molecule has 0 aliphatic heterocycles. The van der Waals surface area contributed by atoms with Crippen molar-refractivity contribution in [1.82, 2.24) is 0 Å². The molecule has 0 aliphatic rings. The lowest BCUT2D eigenvalue weighted by molar-refractivity contribution is 5.08. The molecular weight excluding hydrogens is 800 g/mol. The summed E-state index contributed by atoms with van der Waals surface area (Å²) < 4.78 is -2.29. The molecule has 22 heavy (non-hydrogen) atoms. The molecule has 22 heteroatoms. The van der Waals surface area contributed by atoms with Crippen LogP contribution in [0, 0.1) is 0 Å². The SMILES string of the molecule is S=[S-](=S)S(=S)(=S)S(=S)(=S)S(=S)(=S)S(=S)(=S)S(=S)(=S)S(=S)(=S)I. The first kappa shape index (κ1) is 28.3. The fourth-order valence-electron chi connectivity index (χ4n) is 0.474. The summed E-state index contributed by atoms with van der Waals surface area (Å²) in [5.74, 6) is 0. The van der Waals surface area contributed by atoms with Gasteiger partial charge in [-0.1, -0.05) is 27.6 Å². The van der Waals surface area contributed by atoms with Crippen molar-refractivity contribution < 1.29 is 0 Å². The lowest BCUT2D eigenvalue weighted by Crippen LogP contribution is -2.30. The van der Waals surface area contributed by atoms with E-state index in [4.69, 9.17) is 157 Å². The van der Waals surface area contributed by atoms with Crippen LogP contribution in [0.25, 0.3) is 0 Å². The molecule has 0 aromatic heterocycles. The van der Waals surface area contributed by atoms with Gasteiger partial charge >= 0.3 is 0 Å². The highest BCUT2D eigenvalue weighted by atomic mass is 127. The fraction of sp³-hybridized carbons (Fsp3) is 0. The Morgan fingerprint density at radius 3 is 1.00 bits per heavy atom. The molecule has 0 bridgehead atoms. The van der Waals surface area contributed by atoms with Crippen molar-refractivity contribution in [1.29, 1.82) is 0 Å². The normalized spacial score (nSPS) is 15.7.